The maximum Gasteiger partial charge on any atom is 0.251 e. The van der Waals surface area contributed by atoms with Crippen molar-refractivity contribution in [1.82, 2.24) is 10.2 Å². The van der Waals surface area contributed by atoms with Crippen LogP contribution in [0.2, 0.25) is 0 Å². The highest BCUT2D eigenvalue weighted by Crippen LogP contribution is 2.18. The lowest BCUT2D eigenvalue weighted by atomic mass is 10.00. The number of benzene rings is 1. The summed E-state index contributed by atoms with van der Waals surface area (Å²) in [5.41, 5.74) is 3.28. The van der Waals surface area contributed by atoms with Gasteiger partial charge >= 0.3 is 0 Å². The van der Waals surface area contributed by atoms with Gasteiger partial charge in [0.15, 0.2) is 0 Å². The second-order valence-electron chi connectivity index (χ2n) is 5.96. The predicted molar refractivity (Wildman–Crippen MR) is 97.5 cm³/mol. The van der Waals surface area contributed by atoms with E-state index in [1.807, 2.05) is 13.0 Å². The summed E-state index contributed by atoms with van der Waals surface area (Å²) in [4.78, 5) is 14.3. The third-order valence-electron chi connectivity index (χ3n) is 4.16. The number of carbonyl (C=O) groups excluding carboxylic acids is 1. The zero-order valence-corrected chi connectivity index (χ0v) is 14.2. The standard InChI is InChI=1S/C20H26N2O2/c1-3-5-8-16(4-2)20(24)21-13-19(23)15-22-12-11-17-9-6-7-10-18(17)14-22/h3-10,19,23H,1,11-15H2,2H3,(H,21,24)/b8-5-,16-4+/t19-/m1/s1. The SMILES string of the molecule is C=C/C=C\C(=C/C)C(=O)NC[C@@H](O)CN1CCc2ccccc2C1. The second-order valence-corrected chi connectivity index (χ2v) is 5.96. The van der Waals surface area contributed by atoms with Crippen molar-refractivity contribution in [3.8, 4) is 0 Å². The van der Waals surface area contributed by atoms with Crippen molar-refractivity contribution in [2.75, 3.05) is 19.6 Å². The van der Waals surface area contributed by atoms with Gasteiger partial charge in [0.1, 0.15) is 0 Å². The summed E-state index contributed by atoms with van der Waals surface area (Å²) in [5, 5.41) is 13.0. The quantitative estimate of drug-likeness (QED) is 0.597. The van der Waals surface area contributed by atoms with Crippen LogP contribution in [0.3, 0.4) is 0 Å². The van der Waals surface area contributed by atoms with Crippen molar-refractivity contribution < 1.29 is 9.90 Å². The van der Waals surface area contributed by atoms with E-state index in [0.29, 0.717) is 12.1 Å². The first-order chi connectivity index (χ1) is 11.6. The maximum atomic E-state index is 12.1. The number of aliphatic hydroxyl groups excluding tert-OH is 1. The molecule has 1 atom stereocenters. The minimum Gasteiger partial charge on any atom is -0.390 e. The lowest BCUT2D eigenvalue weighted by Gasteiger charge is -2.30. The van der Waals surface area contributed by atoms with Crippen molar-refractivity contribution in [3.05, 3.63) is 71.8 Å². The van der Waals surface area contributed by atoms with Gasteiger partial charge in [-0.1, -0.05) is 49.1 Å². The minimum absolute atomic E-state index is 0.182. The summed E-state index contributed by atoms with van der Waals surface area (Å²) in [6, 6.07) is 8.42. The molecule has 2 N–H and O–H groups in total. The van der Waals surface area contributed by atoms with Gasteiger partial charge in [0.2, 0.25) is 0 Å². The summed E-state index contributed by atoms with van der Waals surface area (Å²) in [7, 11) is 0. The van der Waals surface area contributed by atoms with E-state index in [1.54, 1.807) is 24.3 Å². The Morgan fingerprint density at radius 2 is 2.17 bits per heavy atom. The van der Waals surface area contributed by atoms with Crippen molar-refractivity contribution in [2.45, 2.75) is 26.0 Å². The fourth-order valence-corrected chi connectivity index (χ4v) is 2.86. The Labute approximate surface area is 144 Å². The number of hydrogen-bond donors (Lipinski definition) is 2. The molecule has 0 saturated heterocycles. The highest BCUT2D eigenvalue weighted by Gasteiger charge is 2.18. The largest absolute Gasteiger partial charge is 0.390 e. The summed E-state index contributed by atoms with van der Waals surface area (Å²) in [5.74, 6) is -0.182. The zero-order valence-electron chi connectivity index (χ0n) is 14.2. The molecule has 4 nitrogen and oxygen atoms in total. The summed E-state index contributed by atoms with van der Waals surface area (Å²) in [6.45, 7) is 7.99. The van der Waals surface area contributed by atoms with Crippen LogP contribution in [0, 0.1) is 0 Å². The molecule has 1 aromatic carbocycles. The Balaban J connectivity index is 1.80. The number of carbonyl (C=O) groups is 1. The summed E-state index contributed by atoms with van der Waals surface area (Å²) in [6.07, 6.45) is 7.21. The van der Waals surface area contributed by atoms with Gasteiger partial charge in [0, 0.05) is 31.8 Å². The maximum absolute atomic E-state index is 12.1. The fourth-order valence-electron chi connectivity index (χ4n) is 2.86. The number of fused-ring (bicyclic) bond motifs is 1. The van der Waals surface area contributed by atoms with Gasteiger partial charge in [-0.3, -0.25) is 9.69 Å². The first-order valence-electron chi connectivity index (χ1n) is 8.35. The van der Waals surface area contributed by atoms with Crippen LogP contribution in [0.4, 0.5) is 0 Å². The van der Waals surface area contributed by atoms with Crippen molar-refractivity contribution in [2.24, 2.45) is 0 Å². The molecular formula is C20H26N2O2. The highest BCUT2D eigenvalue weighted by molar-refractivity contribution is 5.96. The molecule has 4 heteroatoms. The van der Waals surface area contributed by atoms with Crippen LogP contribution in [-0.2, 0) is 17.8 Å². The molecule has 0 aliphatic carbocycles. The minimum atomic E-state index is -0.583. The molecule has 2 rings (SSSR count). The molecule has 0 spiro atoms. The predicted octanol–water partition coefficient (Wildman–Crippen LogP) is 2.21. The monoisotopic (exact) mass is 326 g/mol. The van der Waals surface area contributed by atoms with Crippen LogP contribution in [0.5, 0.6) is 0 Å². The molecular weight excluding hydrogens is 300 g/mol. The van der Waals surface area contributed by atoms with Crippen LogP contribution in [0.15, 0.2) is 60.7 Å². The molecule has 1 amide bonds. The first kappa shape index (κ1) is 18.2. The zero-order chi connectivity index (χ0) is 17.4. The Morgan fingerprint density at radius 1 is 1.42 bits per heavy atom. The van der Waals surface area contributed by atoms with E-state index >= 15 is 0 Å². The van der Waals surface area contributed by atoms with E-state index in [0.717, 1.165) is 19.5 Å². The molecule has 1 heterocycles. The van der Waals surface area contributed by atoms with Gasteiger partial charge in [-0.05, 0) is 30.5 Å². The van der Waals surface area contributed by atoms with E-state index in [2.05, 4.69) is 35.0 Å². The van der Waals surface area contributed by atoms with Gasteiger partial charge in [-0.2, -0.15) is 0 Å². The molecule has 0 aromatic heterocycles. The van der Waals surface area contributed by atoms with E-state index in [4.69, 9.17) is 0 Å². The Morgan fingerprint density at radius 3 is 2.88 bits per heavy atom. The van der Waals surface area contributed by atoms with Crippen LogP contribution >= 0.6 is 0 Å². The van der Waals surface area contributed by atoms with E-state index in [9.17, 15) is 9.90 Å². The number of aliphatic hydroxyl groups is 1. The van der Waals surface area contributed by atoms with Crippen LogP contribution in [-0.4, -0.2) is 41.7 Å². The number of allylic oxidation sites excluding steroid dienone is 3. The topological polar surface area (TPSA) is 52.6 Å². The van der Waals surface area contributed by atoms with E-state index < -0.39 is 6.10 Å². The number of β-amino-alcohol motifs (C(OH)–C–C–N with tert-alkyl or cyclic N) is 1. The Kier molecular flexibility index (Phi) is 6.97. The Hall–Kier alpha value is -2.17. The van der Waals surface area contributed by atoms with Gasteiger partial charge < -0.3 is 10.4 Å². The average molecular weight is 326 g/mol. The fraction of sp³-hybridized carbons (Fsp3) is 0.350. The second kappa shape index (κ2) is 9.21. The molecule has 0 saturated carbocycles. The van der Waals surface area contributed by atoms with Gasteiger partial charge in [-0.25, -0.2) is 0 Å². The lowest BCUT2D eigenvalue weighted by Crippen LogP contribution is -2.42. The van der Waals surface area contributed by atoms with E-state index in [1.165, 1.54) is 11.1 Å². The van der Waals surface area contributed by atoms with Crippen LogP contribution in [0.25, 0.3) is 0 Å². The average Bonchev–Trinajstić information content (AvgIpc) is 2.60. The molecule has 0 radical (unpaired) electrons. The molecule has 1 aromatic rings. The summed E-state index contributed by atoms with van der Waals surface area (Å²) < 4.78 is 0. The highest BCUT2D eigenvalue weighted by atomic mass is 16.3. The molecule has 128 valence electrons. The Bertz CT molecular complexity index is 634. The molecule has 24 heavy (non-hydrogen) atoms. The first-order valence-corrected chi connectivity index (χ1v) is 8.35. The third kappa shape index (κ3) is 5.18. The number of rotatable bonds is 7. The molecule has 1 aliphatic heterocycles. The normalized spacial score (nSPS) is 16.7. The molecule has 0 unspecified atom stereocenters. The summed E-state index contributed by atoms with van der Waals surface area (Å²) >= 11 is 0. The smallest absolute Gasteiger partial charge is 0.251 e. The van der Waals surface area contributed by atoms with Crippen LogP contribution in [0.1, 0.15) is 18.1 Å². The number of amides is 1. The molecule has 1 aliphatic rings. The van der Waals surface area contributed by atoms with Crippen molar-refractivity contribution in [3.63, 3.8) is 0 Å². The van der Waals surface area contributed by atoms with Crippen molar-refractivity contribution >= 4 is 5.91 Å². The van der Waals surface area contributed by atoms with Gasteiger partial charge in [0.05, 0.1) is 6.10 Å². The van der Waals surface area contributed by atoms with Crippen molar-refractivity contribution in [1.29, 1.82) is 0 Å². The lowest BCUT2D eigenvalue weighted by molar-refractivity contribution is -0.117. The third-order valence-corrected chi connectivity index (χ3v) is 4.16. The number of nitrogens with one attached hydrogen (secondary N) is 1. The van der Waals surface area contributed by atoms with Gasteiger partial charge in [0.25, 0.3) is 5.91 Å². The van der Waals surface area contributed by atoms with E-state index in [-0.39, 0.29) is 12.5 Å². The number of nitrogens with zero attached hydrogens (tertiary/aromatic N) is 1. The van der Waals surface area contributed by atoms with Gasteiger partial charge in [-0.15, -0.1) is 0 Å². The number of hydrogen-bond acceptors (Lipinski definition) is 3. The molecule has 0 fully saturated rings. The molecule has 0 bridgehead atoms. The van der Waals surface area contributed by atoms with Crippen LogP contribution < -0.4 is 5.32 Å².